The summed E-state index contributed by atoms with van der Waals surface area (Å²) in [5, 5.41) is 2.16. The molecule has 2 N–H and O–H groups in total. The normalized spacial score (nSPS) is 24.1. The lowest BCUT2D eigenvalue weighted by Gasteiger charge is -2.35. The summed E-state index contributed by atoms with van der Waals surface area (Å²) in [7, 11) is 2.23. The summed E-state index contributed by atoms with van der Waals surface area (Å²) in [6.45, 7) is 3.06. The van der Waals surface area contributed by atoms with Crippen molar-refractivity contribution in [3.05, 3.63) is 22.4 Å². The first-order chi connectivity index (χ1) is 8.24. The van der Waals surface area contributed by atoms with Crippen LogP contribution < -0.4 is 5.73 Å². The maximum atomic E-state index is 6.00. The molecular formula is C13H22N2S2. The van der Waals surface area contributed by atoms with Crippen molar-refractivity contribution in [2.24, 2.45) is 11.7 Å². The van der Waals surface area contributed by atoms with Gasteiger partial charge < -0.3 is 5.73 Å². The SMILES string of the molecule is CC(c1cccs1)N(C)C(CN)C1CCSC1. The highest BCUT2D eigenvalue weighted by molar-refractivity contribution is 7.99. The summed E-state index contributed by atoms with van der Waals surface area (Å²) < 4.78 is 0. The summed E-state index contributed by atoms with van der Waals surface area (Å²) in [5.41, 5.74) is 6.00. The van der Waals surface area contributed by atoms with Crippen LogP contribution in [0.15, 0.2) is 17.5 Å². The molecular weight excluding hydrogens is 248 g/mol. The number of hydrogen-bond acceptors (Lipinski definition) is 4. The first-order valence-corrected chi connectivity index (χ1v) is 8.30. The molecule has 0 bridgehead atoms. The van der Waals surface area contributed by atoms with E-state index in [0.29, 0.717) is 12.1 Å². The molecule has 1 aliphatic rings. The zero-order valence-corrected chi connectivity index (χ0v) is 12.3. The number of thiophene rings is 1. The van der Waals surface area contributed by atoms with Crippen molar-refractivity contribution in [3.63, 3.8) is 0 Å². The van der Waals surface area contributed by atoms with Crippen molar-refractivity contribution < 1.29 is 0 Å². The van der Waals surface area contributed by atoms with Gasteiger partial charge in [0.25, 0.3) is 0 Å². The second-order valence-electron chi connectivity index (χ2n) is 4.78. The number of nitrogens with two attached hydrogens (primary N) is 1. The molecule has 0 saturated carbocycles. The van der Waals surface area contributed by atoms with E-state index in [1.165, 1.54) is 22.8 Å². The molecule has 1 aliphatic heterocycles. The summed E-state index contributed by atoms with van der Waals surface area (Å²) in [5.74, 6) is 3.36. The molecule has 1 aromatic heterocycles. The Morgan fingerprint density at radius 3 is 2.94 bits per heavy atom. The zero-order valence-electron chi connectivity index (χ0n) is 10.6. The predicted molar refractivity (Wildman–Crippen MR) is 78.8 cm³/mol. The van der Waals surface area contributed by atoms with Crippen LogP contribution in [0.5, 0.6) is 0 Å². The third kappa shape index (κ3) is 3.05. The van der Waals surface area contributed by atoms with Gasteiger partial charge in [-0.05, 0) is 49.3 Å². The van der Waals surface area contributed by atoms with Gasteiger partial charge in [-0.3, -0.25) is 4.90 Å². The molecule has 0 amide bonds. The maximum absolute atomic E-state index is 6.00. The summed E-state index contributed by atoms with van der Waals surface area (Å²) >= 11 is 3.91. The molecule has 1 fully saturated rings. The van der Waals surface area contributed by atoms with Gasteiger partial charge in [0, 0.05) is 23.5 Å². The van der Waals surface area contributed by atoms with Crippen LogP contribution in [0.25, 0.3) is 0 Å². The Bertz CT molecular complexity index is 320. The monoisotopic (exact) mass is 270 g/mol. The first kappa shape index (κ1) is 13.4. The van der Waals surface area contributed by atoms with Gasteiger partial charge in [0.15, 0.2) is 0 Å². The van der Waals surface area contributed by atoms with Gasteiger partial charge in [-0.25, -0.2) is 0 Å². The molecule has 1 saturated heterocycles. The number of rotatable bonds is 5. The minimum absolute atomic E-state index is 0.481. The molecule has 3 unspecified atom stereocenters. The van der Waals surface area contributed by atoms with Gasteiger partial charge >= 0.3 is 0 Å². The highest BCUT2D eigenvalue weighted by Gasteiger charge is 2.30. The van der Waals surface area contributed by atoms with E-state index < -0.39 is 0 Å². The Hall–Kier alpha value is -0.0300. The highest BCUT2D eigenvalue weighted by atomic mass is 32.2. The van der Waals surface area contributed by atoms with E-state index in [1.54, 1.807) is 0 Å². The van der Waals surface area contributed by atoms with Crippen LogP contribution in [0, 0.1) is 5.92 Å². The number of nitrogens with zero attached hydrogens (tertiary/aromatic N) is 1. The number of likely N-dealkylation sites (N-methyl/N-ethyl adjacent to an activating group) is 1. The Labute approximate surface area is 113 Å². The first-order valence-electron chi connectivity index (χ1n) is 6.27. The third-order valence-electron chi connectivity index (χ3n) is 3.84. The smallest absolute Gasteiger partial charge is 0.0413 e. The summed E-state index contributed by atoms with van der Waals surface area (Å²) in [6.07, 6.45) is 1.33. The van der Waals surface area contributed by atoms with Gasteiger partial charge in [-0.15, -0.1) is 11.3 Å². The van der Waals surface area contributed by atoms with E-state index >= 15 is 0 Å². The van der Waals surface area contributed by atoms with Gasteiger partial charge in [0.1, 0.15) is 0 Å². The number of hydrogen-bond donors (Lipinski definition) is 1. The van der Waals surface area contributed by atoms with Crippen molar-refractivity contribution in [1.82, 2.24) is 4.90 Å². The Balaban J connectivity index is 2.03. The van der Waals surface area contributed by atoms with Crippen LogP contribution in [0.4, 0.5) is 0 Å². The van der Waals surface area contributed by atoms with Crippen molar-refractivity contribution in [1.29, 1.82) is 0 Å². The minimum Gasteiger partial charge on any atom is -0.329 e. The molecule has 17 heavy (non-hydrogen) atoms. The Morgan fingerprint density at radius 1 is 1.59 bits per heavy atom. The lowest BCUT2D eigenvalue weighted by Crippen LogP contribution is -2.44. The summed E-state index contributed by atoms with van der Waals surface area (Å²) in [4.78, 5) is 3.92. The van der Waals surface area contributed by atoms with Gasteiger partial charge in [0.05, 0.1) is 0 Å². The molecule has 0 spiro atoms. The van der Waals surface area contributed by atoms with E-state index in [2.05, 4.69) is 48.1 Å². The van der Waals surface area contributed by atoms with E-state index in [4.69, 9.17) is 5.73 Å². The topological polar surface area (TPSA) is 29.3 Å². The van der Waals surface area contributed by atoms with Crippen LogP contribution in [0.3, 0.4) is 0 Å². The maximum Gasteiger partial charge on any atom is 0.0413 e. The third-order valence-corrected chi connectivity index (χ3v) is 6.07. The molecule has 2 nitrogen and oxygen atoms in total. The van der Waals surface area contributed by atoms with Crippen molar-refractivity contribution in [3.8, 4) is 0 Å². The molecule has 3 atom stereocenters. The van der Waals surface area contributed by atoms with Crippen LogP contribution in [0.2, 0.25) is 0 Å². The van der Waals surface area contributed by atoms with E-state index in [-0.39, 0.29) is 0 Å². The lowest BCUT2D eigenvalue weighted by atomic mass is 9.96. The molecule has 96 valence electrons. The average Bonchev–Trinajstić information content (AvgIpc) is 3.01. The molecule has 1 aromatic rings. The second kappa shape index (κ2) is 6.23. The van der Waals surface area contributed by atoms with Crippen LogP contribution >= 0.6 is 23.1 Å². The summed E-state index contributed by atoms with van der Waals surface area (Å²) in [6, 6.07) is 5.37. The van der Waals surface area contributed by atoms with Crippen molar-refractivity contribution in [2.45, 2.75) is 25.4 Å². The Morgan fingerprint density at radius 2 is 2.41 bits per heavy atom. The number of thioether (sulfide) groups is 1. The molecule has 2 rings (SSSR count). The molecule has 0 aliphatic carbocycles. The molecule has 4 heteroatoms. The predicted octanol–water partition coefficient (Wildman–Crippen LogP) is 2.82. The zero-order chi connectivity index (χ0) is 12.3. The standard InChI is InChI=1S/C13H22N2S2/c1-10(13-4-3-6-17-13)15(2)12(8-14)11-5-7-16-9-11/h3-4,6,10-12H,5,7-9,14H2,1-2H3. The molecule has 0 radical (unpaired) electrons. The van der Waals surface area contributed by atoms with E-state index in [1.807, 2.05) is 11.3 Å². The average molecular weight is 270 g/mol. The van der Waals surface area contributed by atoms with E-state index in [0.717, 1.165) is 12.5 Å². The molecule has 2 heterocycles. The molecule has 0 aromatic carbocycles. The van der Waals surface area contributed by atoms with Crippen LogP contribution in [-0.2, 0) is 0 Å². The van der Waals surface area contributed by atoms with Crippen LogP contribution in [0.1, 0.15) is 24.3 Å². The Kier molecular flexibility index (Phi) is 4.91. The van der Waals surface area contributed by atoms with Crippen LogP contribution in [-0.4, -0.2) is 36.0 Å². The van der Waals surface area contributed by atoms with Crippen molar-refractivity contribution in [2.75, 3.05) is 25.1 Å². The van der Waals surface area contributed by atoms with Gasteiger partial charge in [-0.2, -0.15) is 11.8 Å². The quantitative estimate of drug-likeness (QED) is 0.892. The van der Waals surface area contributed by atoms with Crippen molar-refractivity contribution >= 4 is 23.1 Å². The fourth-order valence-electron chi connectivity index (χ4n) is 2.56. The minimum atomic E-state index is 0.481. The largest absolute Gasteiger partial charge is 0.329 e. The van der Waals surface area contributed by atoms with E-state index in [9.17, 15) is 0 Å². The fourth-order valence-corrected chi connectivity index (χ4v) is 4.73. The van der Waals surface area contributed by atoms with Gasteiger partial charge in [0.2, 0.25) is 0 Å². The fraction of sp³-hybridized carbons (Fsp3) is 0.692. The highest BCUT2D eigenvalue weighted by Crippen LogP contribution is 2.32. The van der Waals surface area contributed by atoms with Gasteiger partial charge in [-0.1, -0.05) is 6.07 Å². The second-order valence-corrected chi connectivity index (χ2v) is 6.91. The lowest BCUT2D eigenvalue weighted by molar-refractivity contribution is 0.147.